The van der Waals surface area contributed by atoms with E-state index >= 15 is 0 Å². The van der Waals surface area contributed by atoms with Crippen LogP contribution in [-0.2, 0) is 14.8 Å². The van der Waals surface area contributed by atoms with E-state index in [2.05, 4.69) is 16.8 Å². The number of nitrogens with zero attached hydrogens (tertiary/aromatic N) is 1. The Kier molecular flexibility index (Phi) is 5.56. The largest absolute Gasteiger partial charge is 0.326 e. The van der Waals surface area contributed by atoms with Crippen LogP contribution in [-0.4, -0.2) is 38.9 Å². The number of anilines is 1. The van der Waals surface area contributed by atoms with Crippen LogP contribution in [0.3, 0.4) is 0 Å². The second kappa shape index (κ2) is 7.25. The summed E-state index contributed by atoms with van der Waals surface area (Å²) in [6.07, 6.45) is 1.63. The number of rotatable bonds is 5. The molecule has 0 atom stereocenters. The first kappa shape index (κ1) is 17.7. The molecular formula is C16H23N3O3S. The Morgan fingerprint density at radius 1 is 1.30 bits per heavy atom. The molecule has 1 saturated heterocycles. The van der Waals surface area contributed by atoms with Gasteiger partial charge in [0.1, 0.15) is 0 Å². The monoisotopic (exact) mass is 337 g/mol. The van der Waals surface area contributed by atoms with E-state index in [0.29, 0.717) is 5.69 Å². The van der Waals surface area contributed by atoms with E-state index in [1.54, 1.807) is 12.1 Å². The van der Waals surface area contributed by atoms with Gasteiger partial charge in [-0.2, -0.15) is 0 Å². The van der Waals surface area contributed by atoms with E-state index < -0.39 is 10.0 Å². The quantitative estimate of drug-likeness (QED) is 0.798. The Morgan fingerprint density at radius 2 is 1.87 bits per heavy atom. The van der Waals surface area contributed by atoms with E-state index in [1.165, 1.54) is 12.1 Å². The number of hydrogen-bond acceptors (Lipinski definition) is 4. The lowest BCUT2D eigenvalue weighted by atomic mass is 9.95. The third kappa shape index (κ3) is 5.16. The Morgan fingerprint density at radius 3 is 2.35 bits per heavy atom. The molecule has 1 aromatic carbocycles. The van der Waals surface area contributed by atoms with Gasteiger partial charge in [-0.3, -0.25) is 9.69 Å². The predicted molar refractivity (Wildman–Crippen MR) is 90.4 cm³/mol. The van der Waals surface area contributed by atoms with Crippen LogP contribution in [0.15, 0.2) is 41.3 Å². The molecule has 126 valence electrons. The Balaban J connectivity index is 1.89. The summed E-state index contributed by atoms with van der Waals surface area (Å²) in [5, 5.41) is 7.88. The van der Waals surface area contributed by atoms with E-state index in [1.807, 2.05) is 6.92 Å². The third-order valence-electron chi connectivity index (χ3n) is 3.90. The molecule has 1 fully saturated rings. The molecule has 1 amide bonds. The van der Waals surface area contributed by atoms with Crippen molar-refractivity contribution in [3.63, 3.8) is 0 Å². The van der Waals surface area contributed by atoms with Crippen molar-refractivity contribution in [2.75, 3.05) is 25.0 Å². The Hall–Kier alpha value is -1.70. The van der Waals surface area contributed by atoms with Crippen molar-refractivity contribution in [2.24, 2.45) is 11.1 Å². The minimum absolute atomic E-state index is 0.0192. The first-order chi connectivity index (χ1) is 10.8. The molecule has 2 rings (SSSR count). The molecule has 1 aliphatic rings. The molecule has 23 heavy (non-hydrogen) atoms. The van der Waals surface area contributed by atoms with Gasteiger partial charge in [0, 0.05) is 18.2 Å². The highest BCUT2D eigenvalue weighted by Gasteiger charge is 2.24. The van der Waals surface area contributed by atoms with Crippen molar-refractivity contribution in [1.82, 2.24) is 4.90 Å². The number of carbonyl (C=O) groups excluding carboxylic acids is 1. The van der Waals surface area contributed by atoms with Crippen molar-refractivity contribution in [3.05, 3.63) is 36.4 Å². The molecule has 0 bridgehead atoms. The summed E-state index contributed by atoms with van der Waals surface area (Å²) in [6.45, 7) is 8.56. The topological polar surface area (TPSA) is 92.5 Å². The lowest BCUT2D eigenvalue weighted by molar-refractivity contribution is -0.121. The molecule has 0 saturated carbocycles. The van der Waals surface area contributed by atoms with Gasteiger partial charge in [0.15, 0.2) is 0 Å². The number of benzene rings is 1. The number of carbonyl (C=O) groups is 1. The van der Waals surface area contributed by atoms with E-state index in [9.17, 15) is 13.2 Å². The zero-order chi connectivity index (χ0) is 17.0. The average molecular weight is 337 g/mol. The normalized spacial score (nSPS) is 17.0. The summed E-state index contributed by atoms with van der Waals surface area (Å²) < 4.78 is 22.4. The minimum atomic E-state index is -3.71. The first-order valence-electron chi connectivity index (χ1n) is 7.56. The van der Waals surface area contributed by atoms with Gasteiger partial charge in [-0.05, 0) is 57.1 Å². The molecule has 7 heteroatoms. The molecule has 1 aromatic rings. The molecule has 1 aliphatic heterocycles. The van der Waals surface area contributed by atoms with Crippen LogP contribution in [0.25, 0.3) is 0 Å². The average Bonchev–Trinajstić information content (AvgIpc) is 2.47. The maximum Gasteiger partial charge on any atom is 0.238 e. The van der Waals surface area contributed by atoms with Gasteiger partial charge in [0.25, 0.3) is 0 Å². The summed E-state index contributed by atoms with van der Waals surface area (Å²) in [6, 6.07) is 5.88. The van der Waals surface area contributed by atoms with Crippen molar-refractivity contribution in [1.29, 1.82) is 0 Å². The number of sulfonamides is 1. The SMILES string of the molecule is C=C(C)CN1CCC(C(=O)Nc2ccc(S(N)(=O)=O)cc2)CC1. The molecule has 0 unspecified atom stereocenters. The molecule has 3 N–H and O–H groups in total. The van der Waals surface area contributed by atoms with Crippen molar-refractivity contribution < 1.29 is 13.2 Å². The Labute approximate surface area is 137 Å². The van der Waals surface area contributed by atoms with E-state index in [0.717, 1.165) is 38.0 Å². The lowest BCUT2D eigenvalue weighted by Crippen LogP contribution is -2.38. The lowest BCUT2D eigenvalue weighted by Gasteiger charge is -2.31. The van der Waals surface area contributed by atoms with Crippen molar-refractivity contribution in [3.8, 4) is 0 Å². The van der Waals surface area contributed by atoms with Gasteiger partial charge >= 0.3 is 0 Å². The van der Waals surface area contributed by atoms with Crippen molar-refractivity contribution >= 4 is 21.6 Å². The highest BCUT2D eigenvalue weighted by molar-refractivity contribution is 7.89. The van der Waals surface area contributed by atoms with Crippen LogP contribution in [0.4, 0.5) is 5.69 Å². The number of nitrogens with one attached hydrogen (secondary N) is 1. The van der Waals surface area contributed by atoms with E-state index in [4.69, 9.17) is 5.14 Å². The smallest absolute Gasteiger partial charge is 0.238 e. The molecule has 0 aromatic heterocycles. The zero-order valence-electron chi connectivity index (χ0n) is 13.3. The van der Waals surface area contributed by atoms with Gasteiger partial charge < -0.3 is 5.32 Å². The summed E-state index contributed by atoms with van der Waals surface area (Å²) in [7, 11) is -3.71. The summed E-state index contributed by atoms with van der Waals surface area (Å²) >= 11 is 0. The van der Waals surface area contributed by atoms with Crippen molar-refractivity contribution in [2.45, 2.75) is 24.7 Å². The fourth-order valence-electron chi connectivity index (χ4n) is 2.71. The van der Waals surface area contributed by atoms with Gasteiger partial charge in [-0.1, -0.05) is 12.2 Å². The van der Waals surface area contributed by atoms with Gasteiger partial charge in [-0.25, -0.2) is 13.6 Å². The highest BCUT2D eigenvalue weighted by atomic mass is 32.2. The van der Waals surface area contributed by atoms with Crippen LogP contribution in [0, 0.1) is 5.92 Å². The minimum Gasteiger partial charge on any atom is -0.326 e. The molecular weight excluding hydrogens is 314 g/mol. The first-order valence-corrected chi connectivity index (χ1v) is 9.11. The molecule has 0 aliphatic carbocycles. The standard InChI is InChI=1S/C16H23N3O3S/c1-12(2)11-19-9-7-13(8-10-19)16(20)18-14-3-5-15(6-4-14)23(17,21)22/h3-6,13H,1,7-11H2,2H3,(H,18,20)(H2,17,21,22). The maximum absolute atomic E-state index is 12.3. The number of primary sulfonamides is 1. The fraction of sp³-hybridized carbons (Fsp3) is 0.438. The fourth-order valence-corrected chi connectivity index (χ4v) is 3.22. The number of amides is 1. The number of nitrogens with two attached hydrogens (primary N) is 1. The Bertz CT molecular complexity index is 675. The van der Waals surface area contributed by atoms with Crippen LogP contribution in [0.2, 0.25) is 0 Å². The molecule has 0 spiro atoms. The second-order valence-corrected chi connectivity index (χ2v) is 7.63. The summed E-state index contributed by atoms with van der Waals surface area (Å²) in [5.41, 5.74) is 1.70. The maximum atomic E-state index is 12.3. The molecule has 0 radical (unpaired) electrons. The zero-order valence-corrected chi connectivity index (χ0v) is 14.1. The van der Waals surface area contributed by atoms with Crippen LogP contribution in [0.1, 0.15) is 19.8 Å². The summed E-state index contributed by atoms with van der Waals surface area (Å²) in [5.74, 6) is -0.0439. The molecule has 1 heterocycles. The second-order valence-electron chi connectivity index (χ2n) is 6.07. The third-order valence-corrected chi connectivity index (χ3v) is 4.83. The van der Waals surface area contributed by atoms with Gasteiger partial charge in [0.2, 0.25) is 15.9 Å². The van der Waals surface area contributed by atoms with Crippen LogP contribution < -0.4 is 10.5 Å². The number of piperidine rings is 1. The summed E-state index contributed by atoms with van der Waals surface area (Å²) in [4.78, 5) is 14.6. The predicted octanol–water partition coefficient (Wildman–Crippen LogP) is 1.56. The van der Waals surface area contributed by atoms with Gasteiger partial charge in [0.05, 0.1) is 4.90 Å². The number of likely N-dealkylation sites (tertiary alicyclic amines) is 1. The van der Waals surface area contributed by atoms with Crippen LogP contribution >= 0.6 is 0 Å². The number of hydrogen-bond donors (Lipinski definition) is 2. The highest BCUT2D eigenvalue weighted by Crippen LogP contribution is 2.20. The van der Waals surface area contributed by atoms with Crippen LogP contribution in [0.5, 0.6) is 0 Å². The van der Waals surface area contributed by atoms with E-state index in [-0.39, 0.29) is 16.7 Å². The van der Waals surface area contributed by atoms with Gasteiger partial charge in [-0.15, -0.1) is 0 Å². The molecule has 6 nitrogen and oxygen atoms in total.